The molecule has 0 saturated heterocycles. The standard InChI is InChI=1S/C15H12N2O2/c16-9-12-5-1-2-7-14(12)11-19-15-8-4-3-6-13(15)10-17-18/h1-8,10,18H,11H2. The minimum atomic E-state index is 0.292. The fourth-order valence-electron chi connectivity index (χ4n) is 1.69. The average Bonchev–Trinajstić information content (AvgIpc) is 2.47. The van der Waals surface area contributed by atoms with Crippen molar-refractivity contribution >= 4 is 6.21 Å². The van der Waals surface area contributed by atoms with Gasteiger partial charge in [0.1, 0.15) is 12.4 Å². The molecule has 4 heteroatoms. The number of nitriles is 1. The first-order chi connectivity index (χ1) is 9.35. The maximum Gasteiger partial charge on any atom is 0.128 e. The highest BCUT2D eigenvalue weighted by molar-refractivity contribution is 5.82. The van der Waals surface area contributed by atoms with Crippen molar-refractivity contribution in [2.45, 2.75) is 6.61 Å². The Morgan fingerprint density at radius 1 is 1.16 bits per heavy atom. The van der Waals surface area contributed by atoms with E-state index in [4.69, 9.17) is 15.2 Å². The van der Waals surface area contributed by atoms with E-state index >= 15 is 0 Å². The van der Waals surface area contributed by atoms with E-state index in [1.807, 2.05) is 30.3 Å². The van der Waals surface area contributed by atoms with Crippen LogP contribution >= 0.6 is 0 Å². The molecule has 1 N–H and O–H groups in total. The van der Waals surface area contributed by atoms with Crippen molar-refractivity contribution in [2.24, 2.45) is 5.16 Å². The molecular weight excluding hydrogens is 240 g/mol. The minimum Gasteiger partial charge on any atom is -0.488 e. The highest BCUT2D eigenvalue weighted by Crippen LogP contribution is 2.18. The van der Waals surface area contributed by atoms with Crippen LogP contribution in [0.25, 0.3) is 0 Å². The molecule has 0 aromatic heterocycles. The zero-order valence-corrected chi connectivity index (χ0v) is 10.2. The number of nitrogens with zero attached hydrogens (tertiary/aromatic N) is 2. The Bertz CT molecular complexity index is 630. The highest BCUT2D eigenvalue weighted by Gasteiger charge is 2.04. The molecule has 0 amide bonds. The second-order valence-electron chi connectivity index (χ2n) is 3.84. The molecule has 0 fully saturated rings. The Hall–Kier alpha value is -2.80. The molecule has 2 aromatic carbocycles. The number of ether oxygens (including phenoxy) is 1. The van der Waals surface area contributed by atoms with Gasteiger partial charge < -0.3 is 9.94 Å². The van der Waals surface area contributed by atoms with Gasteiger partial charge in [-0.2, -0.15) is 5.26 Å². The van der Waals surface area contributed by atoms with Gasteiger partial charge in [-0.15, -0.1) is 0 Å². The second kappa shape index (κ2) is 6.22. The number of hydrogen-bond donors (Lipinski definition) is 1. The van der Waals surface area contributed by atoms with E-state index in [9.17, 15) is 0 Å². The summed E-state index contributed by atoms with van der Waals surface area (Å²) in [6, 6.07) is 16.6. The molecule has 2 rings (SSSR count). The third-order valence-electron chi connectivity index (χ3n) is 2.64. The van der Waals surface area contributed by atoms with Crippen molar-refractivity contribution in [2.75, 3.05) is 0 Å². The van der Waals surface area contributed by atoms with Crippen molar-refractivity contribution in [1.82, 2.24) is 0 Å². The van der Waals surface area contributed by atoms with Crippen LogP contribution in [-0.2, 0) is 6.61 Å². The van der Waals surface area contributed by atoms with Crippen LogP contribution in [0.1, 0.15) is 16.7 Å². The van der Waals surface area contributed by atoms with E-state index in [2.05, 4.69) is 11.2 Å². The summed E-state index contributed by atoms with van der Waals surface area (Å²) < 4.78 is 5.66. The van der Waals surface area contributed by atoms with Gasteiger partial charge in [-0.25, -0.2) is 0 Å². The van der Waals surface area contributed by atoms with Gasteiger partial charge in [0.2, 0.25) is 0 Å². The van der Waals surface area contributed by atoms with E-state index in [1.165, 1.54) is 6.21 Å². The molecule has 19 heavy (non-hydrogen) atoms. The lowest BCUT2D eigenvalue weighted by Crippen LogP contribution is -2.00. The fourth-order valence-corrected chi connectivity index (χ4v) is 1.69. The van der Waals surface area contributed by atoms with Gasteiger partial charge in [-0.3, -0.25) is 0 Å². The van der Waals surface area contributed by atoms with Crippen molar-refractivity contribution in [1.29, 1.82) is 5.26 Å². The summed E-state index contributed by atoms with van der Waals surface area (Å²) in [5.41, 5.74) is 2.09. The summed E-state index contributed by atoms with van der Waals surface area (Å²) in [6.07, 6.45) is 1.31. The minimum absolute atomic E-state index is 0.292. The molecule has 0 aliphatic carbocycles. The summed E-state index contributed by atoms with van der Waals surface area (Å²) >= 11 is 0. The maximum absolute atomic E-state index is 8.99. The zero-order valence-electron chi connectivity index (χ0n) is 10.2. The lowest BCUT2D eigenvalue weighted by molar-refractivity contribution is 0.304. The summed E-state index contributed by atoms with van der Waals surface area (Å²) in [6.45, 7) is 0.292. The quantitative estimate of drug-likeness (QED) is 0.517. The second-order valence-corrected chi connectivity index (χ2v) is 3.84. The zero-order chi connectivity index (χ0) is 13.5. The van der Waals surface area contributed by atoms with Gasteiger partial charge in [-0.1, -0.05) is 35.5 Å². The summed E-state index contributed by atoms with van der Waals surface area (Å²) in [5, 5.41) is 20.6. The molecule has 0 aliphatic rings. The molecule has 0 unspecified atom stereocenters. The molecule has 4 nitrogen and oxygen atoms in total. The largest absolute Gasteiger partial charge is 0.488 e. The lowest BCUT2D eigenvalue weighted by Gasteiger charge is -2.09. The molecule has 0 atom stereocenters. The van der Waals surface area contributed by atoms with Crippen LogP contribution in [0.2, 0.25) is 0 Å². The smallest absolute Gasteiger partial charge is 0.128 e. The molecule has 0 spiro atoms. The Morgan fingerprint density at radius 3 is 2.68 bits per heavy atom. The Labute approximate surface area is 111 Å². The van der Waals surface area contributed by atoms with E-state index in [-0.39, 0.29) is 0 Å². The first-order valence-corrected chi connectivity index (χ1v) is 5.72. The van der Waals surface area contributed by atoms with Crippen molar-refractivity contribution in [3.8, 4) is 11.8 Å². The van der Waals surface area contributed by atoms with Crippen LogP contribution in [0.5, 0.6) is 5.75 Å². The monoisotopic (exact) mass is 252 g/mol. The third-order valence-corrected chi connectivity index (χ3v) is 2.64. The van der Waals surface area contributed by atoms with E-state index in [0.717, 1.165) is 5.56 Å². The van der Waals surface area contributed by atoms with Crippen LogP contribution in [-0.4, -0.2) is 11.4 Å². The maximum atomic E-state index is 8.99. The number of benzene rings is 2. The third kappa shape index (κ3) is 3.11. The van der Waals surface area contributed by atoms with Gasteiger partial charge in [0, 0.05) is 11.1 Å². The van der Waals surface area contributed by atoms with Crippen molar-refractivity contribution < 1.29 is 9.94 Å². The van der Waals surface area contributed by atoms with Gasteiger partial charge >= 0.3 is 0 Å². The number of para-hydroxylation sites is 1. The predicted octanol–water partition coefficient (Wildman–Crippen LogP) is 2.95. The van der Waals surface area contributed by atoms with Crippen molar-refractivity contribution in [3.63, 3.8) is 0 Å². The number of hydrogen-bond acceptors (Lipinski definition) is 4. The Morgan fingerprint density at radius 2 is 1.89 bits per heavy atom. The molecule has 0 saturated carbocycles. The fraction of sp³-hybridized carbons (Fsp3) is 0.0667. The van der Waals surface area contributed by atoms with E-state index < -0.39 is 0 Å². The SMILES string of the molecule is N#Cc1ccccc1COc1ccccc1C=NO. The van der Waals surface area contributed by atoms with Gasteiger partial charge in [0.15, 0.2) is 0 Å². The van der Waals surface area contributed by atoms with Crippen LogP contribution in [0, 0.1) is 11.3 Å². The molecule has 94 valence electrons. The molecule has 0 heterocycles. The first-order valence-electron chi connectivity index (χ1n) is 5.72. The van der Waals surface area contributed by atoms with Gasteiger partial charge in [0.05, 0.1) is 17.8 Å². The first kappa shape index (κ1) is 12.7. The van der Waals surface area contributed by atoms with Crippen LogP contribution in [0.15, 0.2) is 53.7 Å². The van der Waals surface area contributed by atoms with Crippen LogP contribution < -0.4 is 4.74 Å². The molecular formula is C15H12N2O2. The van der Waals surface area contributed by atoms with E-state index in [0.29, 0.717) is 23.5 Å². The summed E-state index contributed by atoms with van der Waals surface area (Å²) in [4.78, 5) is 0. The topological polar surface area (TPSA) is 65.6 Å². The van der Waals surface area contributed by atoms with Crippen LogP contribution in [0.4, 0.5) is 0 Å². The summed E-state index contributed by atoms with van der Waals surface area (Å²) in [5.74, 6) is 0.605. The normalized spacial score (nSPS) is 10.3. The molecule has 0 aliphatic heterocycles. The van der Waals surface area contributed by atoms with Crippen LogP contribution in [0.3, 0.4) is 0 Å². The average molecular weight is 252 g/mol. The Kier molecular flexibility index (Phi) is 4.14. The van der Waals surface area contributed by atoms with Crippen molar-refractivity contribution in [3.05, 3.63) is 65.2 Å². The van der Waals surface area contributed by atoms with E-state index in [1.54, 1.807) is 18.2 Å². The molecule has 0 bridgehead atoms. The van der Waals surface area contributed by atoms with Gasteiger partial charge in [-0.05, 0) is 18.2 Å². The predicted molar refractivity (Wildman–Crippen MR) is 71.3 cm³/mol. The lowest BCUT2D eigenvalue weighted by atomic mass is 10.1. The highest BCUT2D eigenvalue weighted by atomic mass is 16.5. The van der Waals surface area contributed by atoms with Gasteiger partial charge in [0.25, 0.3) is 0 Å². The summed E-state index contributed by atoms with van der Waals surface area (Å²) in [7, 11) is 0. The molecule has 2 aromatic rings. The Balaban J connectivity index is 2.17. The number of rotatable bonds is 4. The molecule has 0 radical (unpaired) electrons. The number of oxime groups is 1.